The van der Waals surface area contributed by atoms with Crippen molar-refractivity contribution in [1.29, 1.82) is 0 Å². The van der Waals surface area contributed by atoms with Crippen LogP contribution in [-0.4, -0.2) is 23.2 Å². The number of phenols is 1. The van der Waals surface area contributed by atoms with Crippen LogP contribution in [0.4, 0.5) is 11.4 Å². The van der Waals surface area contributed by atoms with Gasteiger partial charge in [-0.3, -0.25) is 4.79 Å². The number of ether oxygens (including phenoxy) is 1. The number of thiocarbonyl (C=S) groups is 1. The molecule has 0 bridgehead atoms. The highest BCUT2D eigenvalue weighted by molar-refractivity contribution is 7.80. The van der Waals surface area contributed by atoms with E-state index in [1.807, 2.05) is 25.1 Å². The third kappa shape index (κ3) is 6.10. The number of nitrogens with one attached hydrogen (secondary N) is 3. The number of hydrogen-bond donors (Lipinski definition) is 4. The third-order valence-corrected chi connectivity index (χ3v) is 4.96. The molecule has 160 valence electrons. The van der Waals surface area contributed by atoms with Crippen molar-refractivity contribution in [3.8, 4) is 11.5 Å². The lowest BCUT2D eigenvalue weighted by atomic mass is 10.1. The molecule has 0 atom stereocenters. The lowest BCUT2D eigenvalue weighted by molar-refractivity contribution is 0.102. The second kappa shape index (κ2) is 10.1. The molecule has 8 heteroatoms. The summed E-state index contributed by atoms with van der Waals surface area (Å²) in [7, 11) is 1.52. The molecule has 3 aromatic rings. The molecule has 31 heavy (non-hydrogen) atoms. The van der Waals surface area contributed by atoms with Crippen molar-refractivity contribution in [2.75, 3.05) is 17.7 Å². The van der Waals surface area contributed by atoms with E-state index in [2.05, 4.69) is 16.0 Å². The van der Waals surface area contributed by atoms with Crippen molar-refractivity contribution in [2.45, 2.75) is 13.5 Å². The number of carbonyl (C=O) groups excluding carboxylic acids is 1. The van der Waals surface area contributed by atoms with Crippen molar-refractivity contribution in [1.82, 2.24) is 5.32 Å². The summed E-state index contributed by atoms with van der Waals surface area (Å²) in [5.41, 5.74) is 3.56. The number of aryl methyl sites for hydroxylation is 1. The van der Waals surface area contributed by atoms with Crippen LogP contribution in [0.3, 0.4) is 0 Å². The summed E-state index contributed by atoms with van der Waals surface area (Å²) in [6.07, 6.45) is 0. The normalized spacial score (nSPS) is 10.3. The molecule has 0 aromatic heterocycles. The average Bonchev–Trinajstić information content (AvgIpc) is 2.73. The molecule has 3 rings (SSSR count). The Hall–Kier alpha value is -3.29. The number of carbonyl (C=O) groups is 1. The predicted molar refractivity (Wildman–Crippen MR) is 128 cm³/mol. The van der Waals surface area contributed by atoms with Gasteiger partial charge in [-0.15, -0.1) is 0 Å². The Morgan fingerprint density at radius 3 is 2.39 bits per heavy atom. The van der Waals surface area contributed by atoms with Gasteiger partial charge in [0.25, 0.3) is 5.91 Å². The topological polar surface area (TPSA) is 82.6 Å². The second-order valence-corrected chi connectivity index (χ2v) is 7.66. The molecule has 4 N–H and O–H groups in total. The zero-order valence-corrected chi connectivity index (χ0v) is 18.6. The van der Waals surface area contributed by atoms with E-state index in [4.69, 9.17) is 28.6 Å². The van der Waals surface area contributed by atoms with Crippen LogP contribution in [0.25, 0.3) is 0 Å². The summed E-state index contributed by atoms with van der Waals surface area (Å²) in [5, 5.41) is 20.0. The van der Waals surface area contributed by atoms with Gasteiger partial charge in [-0.2, -0.15) is 0 Å². The molecule has 0 radical (unpaired) electrons. The van der Waals surface area contributed by atoms with Crippen LogP contribution < -0.4 is 20.7 Å². The van der Waals surface area contributed by atoms with E-state index in [1.165, 1.54) is 7.11 Å². The SMILES string of the molecule is COc1c(C)cc(CNC(=S)Nc2cccc(NC(=O)c3ccc(Cl)cc3)c2)cc1O. The van der Waals surface area contributed by atoms with Gasteiger partial charge in [0.1, 0.15) is 0 Å². The first-order valence-corrected chi connectivity index (χ1v) is 10.2. The summed E-state index contributed by atoms with van der Waals surface area (Å²) < 4.78 is 5.16. The van der Waals surface area contributed by atoms with Crippen molar-refractivity contribution in [2.24, 2.45) is 0 Å². The summed E-state index contributed by atoms with van der Waals surface area (Å²) in [6, 6.07) is 17.4. The van der Waals surface area contributed by atoms with Crippen molar-refractivity contribution >= 4 is 46.2 Å². The Bertz CT molecular complexity index is 1080. The number of rotatable bonds is 6. The molecule has 0 spiro atoms. The highest BCUT2D eigenvalue weighted by atomic mass is 35.5. The van der Waals surface area contributed by atoms with Gasteiger partial charge in [-0.1, -0.05) is 23.7 Å². The van der Waals surface area contributed by atoms with Gasteiger partial charge in [-0.05, 0) is 78.8 Å². The minimum absolute atomic E-state index is 0.0855. The van der Waals surface area contributed by atoms with Gasteiger partial charge < -0.3 is 25.8 Å². The van der Waals surface area contributed by atoms with Crippen LogP contribution in [0.15, 0.2) is 60.7 Å². The zero-order valence-electron chi connectivity index (χ0n) is 17.0. The van der Waals surface area contributed by atoms with Crippen LogP contribution >= 0.6 is 23.8 Å². The molecule has 0 fully saturated rings. The second-order valence-electron chi connectivity index (χ2n) is 6.81. The Kier molecular flexibility index (Phi) is 7.33. The molecule has 0 aliphatic heterocycles. The molecule has 0 aliphatic rings. The van der Waals surface area contributed by atoms with Gasteiger partial charge in [0.05, 0.1) is 7.11 Å². The number of methoxy groups -OCH3 is 1. The number of anilines is 2. The van der Waals surface area contributed by atoms with E-state index >= 15 is 0 Å². The van der Waals surface area contributed by atoms with Crippen molar-refractivity contribution in [3.63, 3.8) is 0 Å². The molecule has 1 amide bonds. The quantitative estimate of drug-likeness (QED) is 0.387. The Morgan fingerprint density at radius 2 is 1.74 bits per heavy atom. The van der Waals surface area contributed by atoms with E-state index in [0.29, 0.717) is 33.7 Å². The third-order valence-electron chi connectivity index (χ3n) is 4.46. The summed E-state index contributed by atoms with van der Waals surface area (Å²) in [5.74, 6) is 0.313. The molecular formula is C23H22ClN3O3S. The molecule has 0 unspecified atom stereocenters. The number of phenolic OH excluding ortho intramolecular Hbond substituents is 1. The van der Waals surface area contributed by atoms with Gasteiger partial charge >= 0.3 is 0 Å². The lowest BCUT2D eigenvalue weighted by Crippen LogP contribution is -2.28. The maximum absolute atomic E-state index is 12.4. The van der Waals surface area contributed by atoms with Crippen LogP contribution in [0.5, 0.6) is 11.5 Å². The first-order valence-electron chi connectivity index (χ1n) is 9.44. The van der Waals surface area contributed by atoms with Crippen molar-refractivity contribution < 1.29 is 14.6 Å². The van der Waals surface area contributed by atoms with E-state index in [9.17, 15) is 9.90 Å². The predicted octanol–water partition coefficient (Wildman–Crippen LogP) is 5.10. The number of benzene rings is 3. The molecular weight excluding hydrogens is 434 g/mol. The number of aromatic hydroxyl groups is 1. The minimum atomic E-state index is -0.232. The fraction of sp³-hybridized carbons (Fsp3) is 0.130. The monoisotopic (exact) mass is 455 g/mol. The molecule has 6 nitrogen and oxygen atoms in total. The number of halogens is 1. The molecule has 0 saturated carbocycles. The van der Waals surface area contributed by atoms with Gasteiger partial charge in [-0.25, -0.2) is 0 Å². The fourth-order valence-corrected chi connectivity index (χ4v) is 3.35. The van der Waals surface area contributed by atoms with Gasteiger partial charge in [0.15, 0.2) is 16.6 Å². The Labute approximate surface area is 191 Å². The first-order chi connectivity index (χ1) is 14.9. The standard InChI is InChI=1S/C23H22ClN3O3S/c1-14-10-15(11-20(28)21(14)30-2)13-25-23(31)27-19-5-3-4-18(12-19)26-22(29)16-6-8-17(24)9-7-16/h3-12,28H,13H2,1-2H3,(H,26,29)(H2,25,27,31). The largest absolute Gasteiger partial charge is 0.504 e. The van der Waals surface area contributed by atoms with Crippen LogP contribution in [0.2, 0.25) is 5.02 Å². The molecule has 0 aliphatic carbocycles. The lowest BCUT2D eigenvalue weighted by Gasteiger charge is -2.14. The van der Waals surface area contributed by atoms with Gasteiger partial charge in [0, 0.05) is 28.5 Å². The molecule has 0 saturated heterocycles. The van der Waals surface area contributed by atoms with E-state index in [1.54, 1.807) is 42.5 Å². The Morgan fingerprint density at radius 1 is 1.06 bits per heavy atom. The van der Waals surface area contributed by atoms with Crippen LogP contribution in [-0.2, 0) is 6.54 Å². The van der Waals surface area contributed by atoms with Gasteiger partial charge in [0.2, 0.25) is 0 Å². The maximum Gasteiger partial charge on any atom is 0.255 e. The van der Waals surface area contributed by atoms with Crippen LogP contribution in [0, 0.1) is 6.92 Å². The number of amides is 1. The molecule has 3 aromatic carbocycles. The van der Waals surface area contributed by atoms with E-state index in [0.717, 1.165) is 16.8 Å². The zero-order chi connectivity index (χ0) is 22.4. The summed E-state index contributed by atoms with van der Waals surface area (Å²) in [6.45, 7) is 2.29. The van der Waals surface area contributed by atoms with Crippen molar-refractivity contribution in [3.05, 3.63) is 82.4 Å². The average molecular weight is 456 g/mol. The summed E-state index contributed by atoms with van der Waals surface area (Å²) >= 11 is 11.2. The first kappa shape index (κ1) is 22.4. The summed E-state index contributed by atoms with van der Waals surface area (Å²) in [4.78, 5) is 12.4. The van der Waals surface area contributed by atoms with Crippen LogP contribution in [0.1, 0.15) is 21.5 Å². The number of hydrogen-bond acceptors (Lipinski definition) is 4. The minimum Gasteiger partial charge on any atom is -0.504 e. The molecule has 0 heterocycles. The van der Waals surface area contributed by atoms with E-state index in [-0.39, 0.29) is 11.7 Å². The van der Waals surface area contributed by atoms with E-state index < -0.39 is 0 Å². The Balaban J connectivity index is 1.58. The maximum atomic E-state index is 12.4. The smallest absolute Gasteiger partial charge is 0.255 e. The highest BCUT2D eigenvalue weighted by Crippen LogP contribution is 2.30. The highest BCUT2D eigenvalue weighted by Gasteiger charge is 2.09. The fourth-order valence-electron chi connectivity index (χ4n) is 3.03.